The van der Waals surface area contributed by atoms with Crippen molar-refractivity contribution in [2.24, 2.45) is 0 Å². The van der Waals surface area contributed by atoms with Gasteiger partial charge < -0.3 is 5.32 Å². The molecule has 5 heteroatoms. The van der Waals surface area contributed by atoms with Gasteiger partial charge in [0.25, 0.3) is 0 Å². The first kappa shape index (κ1) is 16.6. The molecule has 0 aromatic heterocycles. The van der Waals surface area contributed by atoms with Gasteiger partial charge in [-0.15, -0.1) is 0 Å². The van der Waals surface area contributed by atoms with Crippen LogP contribution < -0.4 is 5.32 Å². The lowest BCUT2D eigenvalue weighted by molar-refractivity contribution is -0.122. The molecule has 2 aromatic rings. The Morgan fingerprint density at radius 2 is 1.88 bits per heavy atom. The molecule has 0 saturated heterocycles. The molecule has 3 rings (SSSR count). The topological polar surface area (TPSA) is 32.3 Å². The van der Waals surface area contributed by atoms with Gasteiger partial charge in [-0.3, -0.25) is 9.69 Å². The number of nitrogens with zero attached hydrogens (tertiary/aromatic N) is 1. The molecule has 1 aliphatic rings. The van der Waals surface area contributed by atoms with E-state index < -0.39 is 11.6 Å². The normalized spacial score (nSPS) is 14.0. The summed E-state index contributed by atoms with van der Waals surface area (Å²) in [5, 5.41) is 2.89. The van der Waals surface area contributed by atoms with E-state index in [1.54, 1.807) is 0 Å². The van der Waals surface area contributed by atoms with Gasteiger partial charge in [0.05, 0.1) is 6.54 Å². The molecule has 0 atom stereocenters. The van der Waals surface area contributed by atoms with Crippen molar-refractivity contribution in [3.63, 3.8) is 0 Å². The van der Waals surface area contributed by atoms with E-state index in [4.69, 9.17) is 0 Å². The number of hydrogen-bond donors (Lipinski definition) is 1. The quantitative estimate of drug-likeness (QED) is 0.845. The van der Waals surface area contributed by atoms with Crippen LogP contribution in [0.2, 0.25) is 0 Å². The van der Waals surface area contributed by atoms with E-state index in [9.17, 15) is 13.6 Å². The van der Waals surface area contributed by atoms with E-state index in [0.717, 1.165) is 24.5 Å². The molecule has 0 radical (unpaired) electrons. The minimum Gasteiger partial charge on any atom is -0.351 e. The van der Waals surface area contributed by atoms with Gasteiger partial charge in [-0.25, -0.2) is 8.78 Å². The van der Waals surface area contributed by atoms with Crippen LogP contribution in [-0.2, 0) is 17.9 Å². The van der Waals surface area contributed by atoms with E-state index in [0.29, 0.717) is 24.7 Å². The fourth-order valence-electron chi connectivity index (χ4n) is 2.66. The maximum atomic E-state index is 13.8. The molecule has 2 aromatic carbocycles. The summed E-state index contributed by atoms with van der Waals surface area (Å²) >= 11 is 0. The lowest BCUT2D eigenvalue weighted by atomic mass is 10.2. The lowest BCUT2D eigenvalue weighted by Gasteiger charge is -2.21. The summed E-state index contributed by atoms with van der Waals surface area (Å²) in [6, 6.07) is 13.6. The van der Waals surface area contributed by atoms with Crippen LogP contribution in [0, 0.1) is 11.6 Å². The second-order valence-electron chi connectivity index (χ2n) is 6.13. The third-order valence-electron chi connectivity index (χ3n) is 4.13. The highest BCUT2D eigenvalue weighted by molar-refractivity contribution is 5.78. The van der Waals surface area contributed by atoms with Crippen molar-refractivity contribution in [1.82, 2.24) is 10.2 Å². The van der Waals surface area contributed by atoms with Crippen molar-refractivity contribution in [2.45, 2.75) is 32.0 Å². The molecule has 1 N–H and O–H groups in total. The smallest absolute Gasteiger partial charge is 0.234 e. The van der Waals surface area contributed by atoms with E-state index in [1.165, 1.54) is 12.1 Å². The maximum Gasteiger partial charge on any atom is 0.234 e. The number of hydrogen-bond acceptors (Lipinski definition) is 2. The Kier molecular flexibility index (Phi) is 5.20. The van der Waals surface area contributed by atoms with E-state index in [2.05, 4.69) is 5.32 Å². The number of carbonyl (C=O) groups is 1. The standard InChI is InChI=1S/C19H20F2N2O/c20-16-7-6-15(18(21)10-16)12-23(17-8-9-17)13-19(24)22-11-14-4-2-1-3-5-14/h1-7,10,17H,8-9,11-13H2,(H,22,24). The Morgan fingerprint density at radius 1 is 1.12 bits per heavy atom. The van der Waals surface area contributed by atoms with Crippen molar-refractivity contribution in [3.8, 4) is 0 Å². The van der Waals surface area contributed by atoms with Gasteiger partial charge in [0.2, 0.25) is 5.91 Å². The van der Waals surface area contributed by atoms with Gasteiger partial charge in [0.1, 0.15) is 11.6 Å². The van der Waals surface area contributed by atoms with Crippen LogP contribution in [0.3, 0.4) is 0 Å². The van der Waals surface area contributed by atoms with Crippen molar-refractivity contribution >= 4 is 5.91 Å². The zero-order valence-electron chi connectivity index (χ0n) is 13.3. The Morgan fingerprint density at radius 3 is 2.54 bits per heavy atom. The minimum atomic E-state index is -0.588. The summed E-state index contributed by atoms with van der Waals surface area (Å²) in [5.74, 6) is -1.24. The number of halogens is 2. The number of amides is 1. The summed E-state index contributed by atoms with van der Waals surface area (Å²) in [4.78, 5) is 14.1. The van der Waals surface area contributed by atoms with Gasteiger partial charge in [-0.05, 0) is 24.5 Å². The summed E-state index contributed by atoms with van der Waals surface area (Å²) < 4.78 is 26.8. The molecule has 24 heavy (non-hydrogen) atoms. The number of benzene rings is 2. The molecule has 0 unspecified atom stereocenters. The van der Waals surface area contributed by atoms with Gasteiger partial charge in [0, 0.05) is 30.8 Å². The molecule has 126 valence electrons. The zero-order chi connectivity index (χ0) is 16.9. The Bertz CT molecular complexity index is 702. The second kappa shape index (κ2) is 7.53. The third kappa shape index (κ3) is 4.61. The van der Waals surface area contributed by atoms with Crippen molar-refractivity contribution < 1.29 is 13.6 Å². The Labute approximate surface area is 140 Å². The number of rotatable bonds is 7. The largest absolute Gasteiger partial charge is 0.351 e. The van der Waals surface area contributed by atoms with Crippen molar-refractivity contribution in [1.29, 1.82) is 0 Å². The fraction of sp³-hybridized carbons (Fsp3) is 0.316. The van der Waals surface area contributed by atoms with Crippen LogP contribution in [0.5, 0.6) is 0 Å². The van der Waals surface area contributed by atoms with Gasteiger partial charge >= 0.3 is 0 Å². The summed E-state index contributed by atoms with van der Waals surface area (Å²) in [6.07, 6.45) is 2.02. The summed E-state index contributed by atoms with van der Waals surface area (Å²) in [6.45, 7) is 1.01. The highest BCUT2D eigenvalue weighted by Gasteiger charge is 2.30. The Balaban J connectivity index is 1.56. The van der Waals surface area contributed by atoms with Gasteiger partial charge in [0.15, 0.2) is 0 Å². The average Bonchev–Trinajstić information content (AvgIpc) is 3.40. The molecule has 0 spiro atoms. The lowest BCUT2D eigenvalue weighted by Crippen LogP contribution is -2.38. The van der Waals surface area contributed by atoms with Crippen LogP contribution >= 0.6 is 0 Å². The average molecular weight is 330 g/mol. The monoisotopic (exact) mass is 330 g/mol. The Hall–Kier alpha value is -2.27. The molecule has 3 nitrogen and oxygen atoms in total. The van der Waals surface area contributed by atoms with E-state index in [-0.39, 0.29) is 12.5 Å². The van der Waals surface area contributed by atoms with Gasteiger partial charge in [-0.2, -0.15) is 0 Å². The first-order valence-electron chi connectivity index (χ1n) is 8.10. The molecule has 1 amide bonds. The SMILES string of the molecule is O=C(CN(Cc1ccc(F)cc1F)C1CC1)NCc1ccccc1. The molecule has 1 fully saturated rings. The van der Waals surface area contributed by atoms with Crippen molar-refractivity contribution in [3.05, 3.63) is 71.3 Å². The predicted molar refractivity (Wildman–Crippen MR) is 88.1 cm³/mol. The second-order valence-corrected chi connectivity index (χ2v) is 6.13. The molecular weight excluding hydrogens is 310 g/mol. The van der Waals surface area contributed by atoms with Crippen LogP contribution in [-0.4, -0.2) is 23.4 Å². The first-order chi connectivity index (χ1) is 11.6. The number of carbonyl (C=O) groups excluding carboxylic acids is 1. The first-order valence-corrected chi connectivity index (χ1v) is 8.10. The van der Waals surface area contributed by atoms with E-state index >= 15 is 0 Å². The van der Waals surface area contributed by atoms with Crippen LogP contribution in [0.15, 0.2) is 48.5 Å². The van der Waals surface area contributed by atoms with Crippen LogP contribution in [0.4, 0.5) is 8.78 Å². The molecule has 0 bridgehead atoms. The van der Waals surface area contributed by atoms with E-state index in [1.807, 2.05) is 35.2 Å². The molecule has 1 saturated carbocycles. The zero-order valence-corrected chi connectivity index (χ0v) is 13.3. The van der Waals surface area contributed by atoms with Gasteiger partial charge in [-0.1, -0.05) is 36.4 Å². The van der Waals surface area contributed by atoms with Crippen molar-refractivity contribution in [2.75, 3.05) is 6.54 Å². The van der Waals surface area contributed by atoms with Crippen LogP contribution in [0.1, 0.15) is 24.0 Å². The fourth-order valence-corrected chi connectivity index (χ4v) is 2.66. The molecule has 1 aliphatic carbocycles. The summed E-state index contributed by atoms with van der Waals surface area (Å²) in [5.41, 5.74) is 1.45. The molecule has 0 aliphatic heterocycles. The third-order valence-corrected chi connectivity index (χ3v) is 4.13. The maximum absolute atomic E-state index is 13.8. The predicted octanol–water partition coefficient (Wildman–Crippen LogP) is 3.25. The molecule has 0 heterocycles. The highest BCUT2D eigenvalue weighted by Crippen LogP contribution is 2.28. The minimum absolute atomic E-state index is 0.0896. The number of nitrogens with one attached hydrogen (secondary N) is 1. The molecular formula is C19H20F2N2O. The van der Waals surface area contributed by atoms with Crippen LogP contribution in [0.25, 0.3) is 0 Å². The highest BCUT2D eigenvalue weighted by atomic mass is 19.1. The summed E-state index contributed by atoms with van der Waals surface area (Å²) in [7, 11) is 0.